The lowest BCUT2D eigenvalue weighted by Crippen LogP contribution is -2.52. The van der Waals surface area contributed by atoms with Crippen molar-refractivity contribution in [2.45, 2.75) is 38.6 Å². The molecule has 0 bridgehead atoms. The van der Waals surface area contributed by atoms with E-state index in [2.05, 4.69) is 11.8 Å². The molecule has 1 aromatic rings. The number of carbonyl (C=O) groups is 1. The van der Waals surface area contributed by atoms with Crippen molar-refractivity contribution in [1.82, 2.24) is 9.80 Å². The molecule has 5 heteroatoms. The predicted octanol–water partition coefficient (Wildman–Crippen LogP) is 3.04. The highest BCUT2D eigenvalue weighted by Gasteiger charge is 2.29. The molecule has 1 saturated carbocycles. The average Bonchev–Trinajstić information content (AvgIpc) is 2.67. The number of piperazine rings is 1. The fraction of sp³-hybridized carbons (Fsp3) is 0.650. The molecule has 0 radical (unpaired) electrons. The van der Waals surface area contributed by atoms with Crippen LogP contribution in [0.4, 0.5) is 0 Å². The second-order valence-corrected chi connectivity index (χ2v) is 7.32. The van der Waals surface area contributed by atoms with Crippen molar-refractivity contribution >= 4 is 5.91 Å². The van der Waals surface area contributed by atoms with Gasteiger partial charge in [0.2, 0.25) is 0 Å². The second-order valence-electron chi connectivity index (χ2n) is 7.32. The molecular weight excluding hydrogens is 316 g/mol. The van der Waals surface area contributed by atoms with Gasteiger partial charge < -0.3 is 14.4 Å². The highest BCUT2D eigenvalue weighted by Crippen LogP contribution is 2.29. The summed E-state index contributed by atoms with van der Waals surface area (Å²) >= 11 is 0. The Labute approximate surface area is 150 Å². The standard InChI is InChI=1S/C20H30N2O3/c1-15-5-4-6-17(13-15)21-9-11-22(12-10-21)20(23)16-7-8-18(24-2)19(14-16)25-3/h7-8,14-15,17H,4-6,9-13H2,1-3H3. The molecule has 2 atom stereocenters. The van der Waals surface area contributed by atoms with Crippen LogP contribution in [-0.4, -0.2) is 62.1 Å². The third-order valence-corrected chi connectivity index (χ3v) is 5.66. The van der Waals surface area contributed by atoms with Crippen molar-refractivity contribution < 1.29 is 14.3 Å². The fourth-order valence-electron chi connectivity index (χ4n) is 4.18. The van der Waals surface area contributed by atoms with E-state index in [0.29, 0.717) is 23.1 Å². The number of benzene rings is 1. The van der Waals surface area contributed by atoms with Crippen molar-refractivity contribution in [3.8, 4) is 11.5 Å². The van der Waals surface area contributed by atoms with E-state index in [-0.39, 0.29) is 5.91 Å². The second kappa shape index (κ2) is 8.09. The summed E-state index contributed by atoms with van der Waals surface area (Å²) in [6.45, 7) is 5.94. The Kier molecular flexibility index (Phi) is 5.84. The van der Waals surface area contributed by atoms with Gasteiger partial charge in [-0.25, -0.2) is 0 Å². The zero-order valence-corrected chi connectivity index (χ0v) is 15.7. The molecule has 1 saturated heterocycles. The van der Waals surface area contributed by atoms with Crippen LogP contribution in [0.15, 0.2) is 18.2 Å². The topological polar surface area (TPSA) is 42.0 Å². The first kappa shape index (κ1) is 18.1. The minimum atomic E-state index is 0.0811. The molecule has 1 heterocycles. The predicted molar refractivity (Wildman–Crippen MR) is 98.4 cm³/mol. The molecule has 1 amide bonds. The number of hydrogen-bond donors (Lipinski definition) is 0. The van der Waals surface area contributed by atoms with E-state index >= 15 is 0 Å². The van der Waals surface area contributed by atoms with E-state index in [0.717, 1.165) is 32.1 Å². The normalized spacial score (nSPS) is 24.8. The van der Waals surface area contributed by atoms with Gasteiger partial charge in [0.05, 0.1) is 14.2 Å². The average molecular weight is 346 g/mol. The van der Waals surface area contributed by atoms with Crippen molar-refractivity contribution in [3.63, 3.8) is 0 Å². The molecule has 0 aromatic heterocycles. The van der Waals surface area contributed by atoms with Crippen LogP contribution in [0.3, 0.4) is 0 Å². The maximum absolute atomic E-state index is 12.8. The molecule has 2 aliphatic rings. The van der Waals surface area contributed by atoms with Crippen LogP contribution in [0.1, 0.15) is 43.0 Å². The molecule has 1 aromatic carbocycles. The van der Waals surface area contributed by atoms with Crippen LogP contribution in [-0.2, 0) is 0 Å². The zero-order chi connectivity index (χ0) is 17.8. The first-order valence-electron chi connectivity index (χ1n) is 9.37. The lowest BCUT2D eigenvalue weighted by Gasteiger charge is -2.42. The van der Waals surface area contributed by atoms with Gasteiger partial charge >= 0.3 is 0 Å². The lowest BCUT2D eigenvalue weighted by atomic mass is 9.86. The maximum atomic E-state index is 12.8. The number of methoxy groups -OCH3 is 2. The molecule has 25 heavy (non-hydrogen) atoms. The third-order valence-electron chi connectivity index (χ3n) is 5.66. The minimum absolute atomic E-state index is 0.0811. The zero-order valence-electron chi connectivity index (χ0n) is 15.7. The molecule has 0 N–H and O–H groups in total. The van der Waals surface area contributed by atoms with E-state index in [4.69, 9.17) is 9.47 Å². The number of nitrogens with zero attached hydrogens (tertiary/aromatic N) is 2. The van der Waals surface area contributed by atoms with Crippen molar-refractivity contribution in [1.29, 1.82) is 0 Å². The van der Waals surface area contributed by atoms with Gasteiger partial charge in [-0.15, -0.1) is 0 Å². The summed E-state index contributed by atoms with van der Waals surface area (Å²) in [5.41, 5.74) is 0.664. The quantitative estimate of drug-likeness (QED) is 0.840. The highest BCUT2D eigenvalue weighted by molar-refractivity contribution is 5.95. The highest BCUT2D eigenvalue weighted by atomic mass is 16.5. The minimum Gasteiger partial charge on any atom is -0.493 e. The molecule has 1 aliphatic carbocycles. The number of amides is 1. The van der Waals surface area contributed by atoms with E-state index in [9.17, 15) is 4.79 Å². The number of ether oxygens (including phenoxy) is 2. The van der Waals surface area contributed by atoms with Gasteiger partial charge in [0.25, 0.3) is 5.91 Å². The van der Waals surface area contributed by atoms with E-state index < -0.39 is 0 Å². The number of carbonyl (C=O) groups excluding carboxylic acids is 1. The molecule has 5 nitrogen and oxygen atoms in total. The van der Waals surface area contributed by atoms with Gasteiger partial charge in [0.1, 0.15) is 0 Å². The molecular formula is C20H30N2O3. The number of rotatable bonds is 4. The number of hydrogen-bond acceptors (Lipinski definition) is 4. The largest absolute Gasteiger partial charge is 0.493 e. The molecule has 2 unspecified atom stereocenters. The van der Waals surface area contributed by atoms with Gasteiger partial charge in [-0.1, -0.05) is 19.8 Å². The molecule has 1 aliphatic heterocycles. The van der Waals surface area contributed by atoms with Crippen molar-refractivity contribution in [2.24, 2.45) is 5.92 Å². The van der Waals surface area contributed by atoms with Crippen LogP contribution >= 0.6 is 0 Å². The van der Waals surface area contributed by atoms with Crippen molar-refractivity contribution in [3.05, 3.63) is 23.8 Å². The van der Waals surface area contributed by atoms with Crippen LogP contribution in [0.2, 0.25) is 0 Å². The molecule has 3 rings (SSSR count). The lowest BCUT2D eigenvalue weighted by molar-refractivity contribution is 0.0488. The van der Waals surface area contributed by atoms with Crippen LogP contribution in [0.5, 0.6) is 11.5 Å². The Morgan fingerprint density at radius 1 is 1.04 bits per heavy atom. The van der Waals surface area contributed by atoms with E-state index in [1.165, 1.54) is 25.7 Å². The Bertz CT molecular complexity index is 597. The van der Waals surface area contributed by atoms with Gasteiger partial charge in [-0.05, 0) is 37.0 Å². The Morgan fingerprint density at radius 3 is 2.40 bits per heavy atom. The molecule has 0 spiro atoms. The van der Waals surface area contributed by atoms with E-state index in [1.807, 2.05) is 11.0 Å². The fourth-order valence-corrected chi connectivity index (χ4v) is 4.18. The van der Waals surface area contributed by atoms with Gasteiger partial charge in [0.15, 0.2) is 11.5 Å². The van der Waals surface area contributed by atoms with E-state index in [1.54, 1.807) is 26.4 Å². The Balaban J connectivity index is 1.60. The summed E-state index contributed by atoms with van der Waals surface area (Å²) in [5.74, 6) is 2.17. The van der Waals surface area contributed by atoms with Gasteiger partial charge in [0, 0.05) is 37.8 Å². The molecule has 2 fully saturated rings. The van der Waals surface area contributed by atoms with Crippen LogP contribution in [0, 0.1) is 5.92 Å². The first-order chi connectivity index (χ1) is 12.1. The Morgan fingerprint density at radius 2 is 1.76 bits per heavy atom. The summed E-state index contributed by atoms with van der Waals surface area (Å²) in [5, 5.41) is 0. The van der Waals surface area contributed by atoms with Crippen molar-refractivity contribution in [2.75, 3.05) is 40.4 Å². The van der Waals surface area contributed by atoms with Gasteiger partial charge in [-0.3, -0.25) is 9.69 Å². The van der Waals surface area contributed by atoms with Crippen LogP contribution < -0.4 is 9.47 Å². The van der Waals surface area contributed by atoms with Gasteiger partial charge in [-0.2, -0.15) is 0 Å². The smallest absolute Gasteiger partial charge is 0.254 e. The monoisotopic (exact) mass is 346 g/mol. The summed E-state index contributed by atoms with van der Waals surface area (Å²) in [6.07, 6.45) is 5.34. The first-order valence-corrected chi connectivity index (χ1v) is 9.37. The summed E-state index contributed by atoms with van der Waals surface area (Å²) in [7, 11) is 3.20. The Hall–Kier alpha value is -1.75. The SMILES string of the molecule is COc1ccc(C(=O)N2CCN(C3CCCC(C)C3)CC2)cc1OC. The summed E-state index contributed by atoms with van der Waals surface area (Å²) in [6, 6.07) is 6.10. The van der Waals surface area contributed by atoms with Crippen LogP contribution in [0.25, 0.3) is 0 Å². The summed E-state index contributed by atoms with van der Waals surface area (Å²) in [4.78, 5) is 17.4. The molecule has 138 valence electrons. The summed E-state index contributed by atoms with van der Waals surface area (Å²) < 4.78 is 10.6. The third kappa shape index (κ3) is 4.09. The maximum Gasteiger partial charge on any atom is 0.254 e.